The predicted molar refractivity (Wildman–Crippen MR) is 72.1 cm³/mol. The Hall–Kier alpha value is -1.57. The molecule has 0 N–H and O–H groups in total. The Bertz CT molecular complexity index is 516. The second-order valence-corrected chi connectivity index (χ2v) is 5.54. The zero-order valence-electron chi connectivity index (χ0n) is 11.3. The van der Waals surface area contributed by atoms with Gasteiger partial charge >= 0.3 is 0 Å². The normalized spacial score (nSPS) is 11.8. The molecule has 90 valence electrons. The maximum Gasteiger partial charge on any atom is 0.114 e. The summed E-state index contributed by atoms with van der Waals surface area (Å²) in [6.07, 6.45) is 0. The van der Waals surface area contributed by atoms with Crippen LogP contribution in [0.4, 0.5) is 0 Å². The van der Waals surface area contributed by atoms with Gasteiger partial charge in [-0.3, -0.25) is 0 Å². The Labute approximate surface area is 103 Å². The van der Waals surface area contributed by atoms with Gasteiger partial charge in [0.25, 0.3) is 0 Å². The van der Waals surface area contributed by atoms with E-state index < -0.39 is 0 Å². The molecule has 2 rings (SSSR count). The van der Waals surface area contributed by atoms with E-state index in [2.05, 4.69) is 63.6 Å². The molecule has 0 spiro atoms. The van der Waals surface area contributed by atoms with Gasteiger partial charge in [0.1, 0.15) is 5.82 Å². The highest BCUT2D eigenvalue weighted by Crippen LogP contribution is 2.29. The van der Waals surface area contributed by atoms with Crippen LogP contribution in [0.3, 0.4) is 0 Å². The van der Waals surface area contributed by atoms with Crippen molar-refractivity contribution in [3.05, 3.63) is 41.9 Å². The van der Waals surface area contributed by atoms with E-state index in [1.165, 1.54) is 11.3 Å². The van der Waals surface area contributed by atoms with E-state index in [1.807, 2.05) is 6.07 Å². The van der Waals surface area contributed by atoms with Gasteiger partial charge in [0.2, 0.25) is 0 Å². The van der Waals surface area contributed by atoms with Gasteiger partial charge in [-0.15, -0.1) is 0 Å². The van der Waals surface area contributed by atoms with Crippen molar-refractivity contribution >= 4 is 0 Å². The number of imidazole rings is 1. The van der Waals surface area contributed by atoms with Gasteiger partial charge < -0.3 is 4.57 Å². The van der Waals surface area contributed by atoms with Crippen molar-refractivity contribution in [1.29, 1.82) is 0 Å². The van der Waals surface area contributed by atoms with Gasteiger partial charge in [-0.25, -0.2) is 4.98 Å². The molecule has 0 aliphatic rings. The first kappa shape index (κ1) is 11.9. The molecule has 0 bridgehead atoms. The third-order valence-corrected chi connectivity index (χ3v) is 2.99. The summed E-state index contributed by atoms with van der Waals surface area (Å²) in [5.74, 6) is 1.13. The molecule has 0 atom stereocenters. The van der Waals surface area contributed by atoms with E-state index in [0.29, 0.717) is 0 Å². The smallest absolute Gasteiger partial charge is 0.114 e. The van der Waals surface area contributed by atoms with Crippen molar-refractivity contribution in [3.8, 4) is 11.3 Å². The SMILES string of the molecule is Cc1nc(C(C)(C)C)n(C)c1-c1ccccc1. The molecule has 0 saturated carbocycles. The Morgan fingerprint density at radius 3 is 2.12 bits per heavy atom. The van der Waals surface area contributed by atoms with Crippen LogP contribution < -0.4 is 0 Å². The fourth-order valence-electron chi connectivity index (χ4n) is 2.30. The zero-order valence-corrected chi connectivity index (χ0v) is 11.3. The van der Waals surface area contributed by atoms with Gasteiger partial charge in [-0.2, -0.15) is 0 Å². The molecule has 0 amide bonds. The topological polar surface area (TPSA) is 17.8 Å². The van der Waals surface area contributed by atoms with E-state index in [0.717, 1.165) is 11.5 Å². The van der Waals surface area contributed by atoms with Crippen molar-refractivity contribution in [3.63, 3.8) is 0 Å². The third kappa shape index (κ3) is 2.12. The fraction of sp³-hybridized carbons (Fsp3) is 0.400. The summed E-state index contributed by atoms with van der Waals surface area (Å²) in [7, 11) is 2.10. The van der Waals surface area contributed by atoms with Crippen molar-refractivity contribution in [1.82, 2.24) is 9.55 Å². The summed E-state index contributed by atoms with van der Waals surface area (Å²) in [5, 5.41) is 0. The van der Waals surface area contributed by atoms with Crippen molar-refractivity contribution in [2.45, 2.75) is 33.1 Å². The van der Waals surface area contributed by atoms with Crippen LogP contribution in [0.25, 0.3) is 11.3 Å². The molecular formula is C15H20N2. The molecule has 0 saturated heterocycles. The highest BCUT2D eigenvalue weighted by atomic mass is 15.1. The third-order valence-electron chi connectivity index (χ3n) is 2.99. The van der Waals surface area contributed by atoms with Gasteiger partial charge in [-0.1, -0.05) is 51.1 Å². The maximum absolute atomic E-state index is 4.72. The number of benzene rings is 1. The van der Waals surface area contributed by atoms with Crippen LogP contribution in [0.1, 0.15) is 32.3 Å². The number of aryl methyl sites for hydroxylation is 1. The quantitative estimate of drug-likeness (QED) is 0.728. The van der Waals surface area contributed by atoms with Crippen molar-refractivity contribution < 1.29 is 0 Å². The van der Waals surface area contributed by atoms with Crippen molar-refractivity contribution in [2.75, 3.05) is 0 Å². The Balaban J connectivity index is 2.61. The lowest BCUT2D eigenvalue weighted by Crippen LogP contribution is -2.17. The molecule has 2 heteroatoms. The number of nitrogens with zero attached hydrogens (tertiary/aromatic N) is 2. The van der Waals surface area contributed by atoms with Crippen LogP contribution in [0, 0.1) is 6.92 Å². The van der Waals surface area contributed by atoms with Crippen LogP contribution in [0.15, 0.2) is 30.3 Å². The average Bonchev–Trinajstić information content (AvgIpc) is 2.55. The van der Waals surface area contributed by atoms with E-state index >= 15 is 0 Å². The van der Waals surface area contributed by atoms with Crippen LogP contribution in [-0.2, 0) is 12.5 Å². The molecule has 2 aromatic rings. The first-order chi connectivity index (χ1) is 7.91. The number of aromatic nitrogens is 2. The molecule has 2 nitrogen and oxygen atoms in total. The minimum Gasteiger partial charge on any atom is -0.330 e. The zero-order chi connectivity index (χ0) is 12.6. The molecule has 0 aliphatic heterocycles. The Morgan fingerprint density at radius 1 is 1.06 bits per heavy atom. The van der Waals surface area contributed by atoms with Gasteiger partial charge in [0.15, 0.2) is 0 Å². The first-order valence-electron chi connectivity index (χ1n) is 6.00. The summed E-state index contributed by atoms with van der Waals surface area (Å²) >= 11 is 0. The lowest BCUT2D eigenvalue weighted by Gasteiger charge is -2.18. The van der Waals surface area contributed by atoms with Crippen molar-refractivity contribution in [2.24, 2.45) is 7.05 Å². The average molecular weight is 228 g/mol. The summed E-state index contributed by atoms with van der Waals surface area (Å²) in [5.41, 5.74) is 3.63. The molecule has 1 aromatic heterocycles. The molecule has 0 fully saturated rings. The largest absolute Gasteiger partial charge is 0.330 e. The second kappa shape index (κ2) is 4.02. The molecule has 1 heterocycles. The van der Waals surface area contributed by atoms with Gasteiger partial charge in [-0.05, 0) is 6.92 Å². The van der Waals surface area contributed by atoms with E-state index in [9.17, 15) is 0 Å². The van der Waals surface area contributed by atoms with Crippen LogP contribution in [0.2, 0.25) is 0 Å². The van der Waals surface area contributed by atoms with Gasteiger partial charge in [0.05, 0.1) is 11.4 Å². The summed E-state index contributed by atoms with van der Waals surface area (Å²) in [6, 6.07) is 10.4. The summed E-state index contributed by atoms with van der Waals surface area (Å²) < 4.78 is 2.21. The molecular weight excluding hydrogens is 208 g/mol. The molecule has 1 aromatic carbocycles. The second-order valence-electron chi connectivity index (χ2n) is 5.54. The lowest BCUT2D eigenvalue weighted by atomic mass is 9.96. The molecule has 17 heavy (non-hydrogen) atoms. The van der Waals surface area contributed by atoms with E-state index in [1.54, 1.807) is 0 Å². The van der Waals surface area contributed by atoms with E-state index in [4.69, 9.17) is 4.98 Å². The molecule has 0 radical (unpaired) electrons. The number of hydrogen-bond donors (Lipinski definition) is 0. The Kier molecular flexibility index (Phi) is 2.82. The Morgan fingerprint density at radius 2 is 1.65 bits per heavy atom. The first-order valence-corrected chi connectivity index (χ1v) is 6.00. The summed E-state index contributed by atoms with van der Waals surface area (Å²) in [4.78, 5) is 4.72. The fourth-order valence-corrected chi connectivity index (χ4v) is 2.30. The predicted octanol–water partition coefficient (Wildman–Crippen LogP) is 3.69. The maximum atomic E-state index is 4.72. The monoisotopic (exact) mass is 228 g/mol. The highest BCUT2D eigenvalue weighted by Gasteiger charge is 2.23. The minimum atomic E-state index is 0.0759. The molecule has 0 aliphatic carbocycles. The highest BCUT2D eigenvalue weighted by molar-refractivity contribution is 5.62. The van der Waals surface area contributed by atoms with Crippen LogP contribution >= 0.6 is 0 Å². The van der Waals surface area contributed by atoms with Crippen LogP contribution in [-0.4, -0.2) is 9.55 Å². The summed E-state index contributed by atoms with van der Waals surface area (Å²) in [6.45, 7) is 8.67. The van der Waals surface area contributed by atoms with Crippen LogP contribution in [0.5, 0.6) is 0 Å². The number of hydrogen-bond acceptors (Lipinski definition) is 1. The minimum absolute atomic E-state index is 0.0759. The van der Waals surface area contributed by atoms with E-state index in [-0.39, 0.29) is 5.41 Å². The standard InChI is InChI=1S/C15H20N2/c1-11-13(12-9-7-6-8-10-12)17(5)14(16-11)15(2,3)4/h6-10H,1-5H3. The molecule has 0 unspecified atom stereocenters. The number of rotatable bonds is 1. The van der Waals surface area contributed by atoms with Gasteiger partial charge in [0, 0.05) is 18.0 Å². The lowest BCUT2D eigenvalue weighted by molar-refractivity contribution is 0.523.